The molecule has 0 aliphatic rings. The minimum absolute atomic E-state index is 0.435. The second kappa shape index (κ2) is 5.58. The summed E-state index contributed by atoms with van der Waals surface area (Å²) >= 11 is 0. The molecule has 0 radical (unpaired) electrons. The number of nitrogens with one attached hydrogen (secondary N) is 1. The fraction of sp³-hybridized carbons (Fsp3) is 0.500. The molecule has 0 saturated heterocycles. The summed E-state index contributed by atoms with van der Waals surface area (Å²) in [5.41, 5.74) is -0.572. The zero-order valence-electron chi connectivity index (χ0n) is 10.2. The molecule has 18 heavy (non-hydrogen) atoms. The van der Waals surface area contributed by atoms with Gasteiger partial charge in [0.15, 0.2) is 0 Å². The second-order valence-electron chi connectivity index (χ2n) is 4.19. The van der Waals surface area contributed by atoms with E-state index in [1.54, 1.807) is 24.3 Å². The maximum atomic E-state index is 12.2. The molecule has 0 spiro atoms. The van der Waals surface area contributed by atoms with Crippen molar-refractivity contribution in [3.8, 4) is 5.75 Å². The maximum absolute atomic E-state index is 12.2. The number of aliphatic hydroxyl groups excluding tert-OH is 1. The van der Waals surface area contributed by atoms with Crippen molar-refractivity contribution < 1.29 is 23.0 Å². The fourth-order valence-electron chi connectivity index (χ4n) is 1.50. The molecular formula is C12H16F3NO2. The van der Waals surface area contributed by atoms with Crippen LogP contribution in [-0.4, -0.2) is 31.5 Å². The summed E-state index contributed by atoms with van der Waals surface area (Å²) in [6, 6.07) is 6.52. The van der Waals surface area contributed by atoms with E-state index in [4.69, 9.17) is 4.74 Å². The molecule has 102 valence electrons. The number of methoxy groups -OCH3 is 1. The first-order chi connectivity index (χ1) is 8.30. The molecule has 0 amide bonds. The molecule has 1 aromatic carbocycles. The SMILES string of the molecule is COc1ccc(C(C)(CO)NCC(F)(F)F)cc1. The molecule has 0 aromatic heterocycles. The number of alkyl halides is 3. The minimum Gasteiger partial charge on any atom is -0.497 e. The Morgan fingerprint density at radius 3 is 2.17 bits per heavy atom. The monoisotopic (exact) mass is 263 g/mol. The molecule has 2 N–H and O–H groups in total. The van der Waals surface area contributed by atoms with Crippen LogP contribution in [0.4, 0.5) is 13.2 Å². The van der Waals surface area contributed by atoms with Crippen molar-refractivity contribution in [2.45, 2.75) is 18.6 Å². The number of hydrogen-bond donors (Lipinski definition) is 2. The Morgan fingerprint density at radius 1 is 1.22 bits per heavy atom. The smallest absolute Gasteiger partial charge is 0.401 e. The van der Waals surface area contributed by atoms with Gasteiger partial charge in [0.05, 0.1) is 25.8 Å². The molecule has 1 rings (SSSR count). The Morgan fingerprint density at radius 2 is 1.78 bits per heavy atom. The van der Waals surface area contributed by atoms with Gasteiger partial charge in [0.1, 0.15) is 5.75 Å². The Hall–Kier alpha value is -1.27. The Balaban J connectivity index is 2.85. The van der Waals surface area contributed by atoms with Gasteiger partial charge in [-0.25, -0.2) is 0 Å². The molecular weight excluding hydrogens is 247 g/mol. The first kappa shape index (κ1) is 14.8. The van der Waals surface area contributed by atoms with Gasteiger partial charge in [-0.05, 0) is 24.6 Å². The number of benzene rings is 1. The Kier molecular flexibility index (Phi) is 4.59. The lowest BCUT2D eigenvalue weighted by molar-refractivity contribution is -0.129. The molecule has 0 aliphatic heterocycles. The van der Waals surface area contributed by atoms with Gasteiger partial charge in [-0.1, -0.05) is 12.1 Å². The van der Waals surface area contributed by atoms with Gasteiger partial charge >= 0.3 is 6.18 Å². The average Bonchev–Trinajstić information content (AvgIpc) is 2.35. The average molecular weight is 263 g/mol. The summed E-state index contributed by atoms with van der Waals surface area (Å²) in [5.74, 6) is 0.606. The topological polar surface area (TPSA) is 41.5 Å². The third kappa shape index (κ3) is 3.89. The highest BCUT2D eigenvalue weighted by Gasteiger charge is 2.33. The van der Waals surface area contributed by atoms with Gasteiger partial charge in [0.2, 0.25) is 0 Å². The molecule has 0 heterocycles. The maximum Gasteiger partial charge on any atom is 0.401 e. The van der Waals surface area contributed by atoms with Crippen molar-refractivity contribution in [3.05, 3.63) is 29.8 Å². The first-order valence-corrected chi connectivity index (χ1v) is 5.38. The fourth-order valence-corrected chi connectivity index (χ4v) is 1.50. The van der Waals surface area contributed by atoms with Crippen molar-refractivity contribution in [1.82, 2.24) is 5.32 Å². The van der Waals surface area contributed by atoms with Crippen LogP contribution in [0.2, 0.25) is 0 Å². The highest BCUT2D eigenvalue weighted by Crippen LogP contribution is 2.24. The number of rotatable bonds is 5. The normalized spacial score (nSPS) is 15.2. The van der Waals surface area contributed by atoms with Crippen LogP contribution in [-0.2, 0) is 5.54 Å². The summed E-state index contributed by atoms with van der Waals surface area (Å²) in [7, 11) is 1.50. The lowest BCUT2D eigenvalue weighted by Gasteiger charge is -2.30. The van der Waals surface area contributed by atoms with Crippen LogP contribution >= 0.6 is 0 Å². The summed E-state index contributed by atoms with van der Waals surface area (Å²) in [6.07, 6.45) is -4.32. The predicted molar refractivity (Wildman–Crippen MR) is 61.5 cm³/mol. The number of aliphatic hydroxyl groups is 1. The molecule has 1 atom stereocenters. The van der Waals surface area contributed by atoms with Gasteiger partial charge < -0.3 is 9.84 Å². The molecule has 6 heteroatoms. The van der Waals surface area contributed by atoms with E-state index >= 15 is 0 Å². The molecule has 0 aliphatic carbocycles. The van der Waals surface area contributed by atoms with E-state index < -0.39 is 24.9 Å². The van der Waals surface area contributed by atoms with Crippen LogP contribution in [0.1, 0.15) is 12.5 Å². The Labute approximate surface area is 104 Å². The van der Waals surface area contributed by atoms with Crippen LogP contribution in [0.15, 0.2) is 24.3 Å². The van der Waals surface area contributed by atoms with E-state index in [2.05, 4.69) is 5.32 Å². The molecule has 0 bridgehead atoms. The van der Waals surface area contributed by atoms with Crippen molar-refractivity contribution >= 4 is 0 Å². The van der Waals surface area contributed by atoms with E-state index in [1.807, 2.05) is 0 Å². The van der Waals surface area contributed by atoms with Crippen molar-refractivity contribution in [3.63, 3.8) is 0 Å². The lowest BCUT2D eigenvalue weighted by atomic mass is 9.93. The quantitative estimate of drug-likeness (QED) is 0.854. The van der Waals surface area contributed by atoms with Gasteiger partial charge in [0.25, 0.3) is 0 Å². The van der Waals surface area contributed by atoms with Gasteiger partial charge in [-0.2, -0.15) is 13.2 Å². The number of halogens is 3. The molecule has 0 fully saturated rings. The van der Waals surface area contributed by atoms with Crippen LogP contribution in [0, 0.1) is 0 Å². The van der Waals surface area contributed by atoms with Gasteiger partial charge in [-0.15, -0.1) is 0 Å². The summed E-state index contributed by atoms with van der Waals surface area (Å²) in [5, 5.41) is 11.6. The van der Waals surface area contributed by atoms with Crippen molar-refractivity contribution in [2.24, 2.45) is 0 Å². The largest absolute Gasteiger partial charge is 0.497 e. The Bertz CT molecular complexity index is 378. The summed E-state index contributed by atoms with van der Waals surface area (Å²) in [4.78, 5) is 0. The highest BCUT2D eigenvalue weighted by molar-refractivity contribution is 5.31. The third-order valence-electron chi connectivity index (χ3n) is 2.72. The van der Waals surface area contributed by atoms with Crippen molar-refractivity contribution in [2.75, 3.05) is 20.3 Å². The summed E-state index contributed by atoms with van der Waals surface area (Å²) in [6.45, 7) is -0.0773. The van der Waals surface area contributed by atoms with Crippen LogP contribution in [0.5, 0.6) is 5.75 Å². The first-order valence-electron chi connectivity index (χ1n) is 5.38. The van der Waals surface area contributed by atoms with E-state index in [0.29, 0.717) is 11.3 Å². The molecule has 3 nitrogen and oxygen atoms in total. The standard InChI is InChI=1S/C12H16F3NO2/c1-11(8-17,16-7-12(13,14)15)9-3-5-10(18-2)6-4-9/h3-6,16-17H,7-8H2,1-2H3. The molecule has 0 saturated carbocycles. The van der Waals surface area contributed by atoms with E-state index in [1.165, 1.54) is 14.0 Å². The minimum atomic E-state index is -4.32. The zero-order chi connectivity index (χ0) is 13.8. The van der Waals surface area contributed by atoms with Crippen LogP contribution in [0.25, 0.3) is 0 Å². The van der Waals surface area contributed by atoms with E-state index in [-0.39, 0.29) is 0 Å². The van der Waals surface area contributed by atoms with Gasteiger partial charge in [0, 0.05) is 0 Å². The molecule has 1 aromatic rings. The van der Waals surface area contributed by atoms with Crippen LogP contribution < -0.4 is 10.1 Å². The number of hydrogen-bond acceptors (Lipinski definition) is 3. The zero-order valence-corrected chi connectivity index (χ0v) is 10.2. The third-order valence-corrected chi connectivity index (χ3v) is 2.72. The molecule has 1 unspecified atom stereocenters. The number of ether oxygens (including phenoxy) is 1. The summed E-state index contributed by atoms with van der Waals surface area (Å²) < 4.78 is 41.5. The van der Waals surface area contributed by atoms with Crippen molar-refractivity contribution in [1.29, 1.82) is 0 Å². The van der Waals surface area contributed by atoms with E-state index in [0.717, 1.165) is 0 Å². The predicted octanol–water partition coefficient (Wildman–Crippen LogP) is 2.05. The second-order valence-corrected chi connectivity index (χ2v) is 4.19. The van der Waals surface area contributed by atoms with Crippen LogP contribution in [0.3, 0.4) is 0 Å². The lowest BCUT2D eigenvalue weighted by Crippen LogP contribution is -2.47. The van der Waals surface area contributed by atoms with Gasteiger partial charge in [-0.3, -0.25) is 5.32 Å². The highest BCUT2D eigenvalue weighted by atomic mass is 19.4. The van der Waals surface area contributed by atoms with E-state index in [9.17, 15) is 18.3 Å².